The summed E-state index contributed by atoms with van der Waals surface area (Å²) in [6.07, 6.45) is 3.42. The average molecular weight is 265 g/mol. The highest BCUT2D eigenvalue weighted by molar-refractivity contribution is 5.40. The molecule has 1 N–H and O–H groups in total. The van der Waals surface area contributed by atoms with E-state index in [2.05, 4.69) is 25.2 Å². The lowest BCUT2D eigenvalue weighted by atomic mass is 10.1. The van der Waals surface area contributed by atoms with Gasteiger partial charge < -0.3 is 14.8 Å². The van der Waals surface area contributed by atoms with Crippen molar-refractivity contribution >= 4 is 0 Å². The van der Waals surface area contributed by atoms with Gasteiger partial charge in [0.15, 0.2) is 0 Å². The van der Waals surface area contributed by atoms with E-state index in [1.807, 2.05) is 12.1 Å². The van der Waals surface area contributed by atoms with Crippen LogP contribution in [0.25, 0.3) is 0 Å². The molecule has 0 bridgehead atoms. The Hall–Kier alpha value is -1.22. The van der Waals surface area contributed by atoms with Gasteiger partial charge in [-0.1, -0.05) is 19.9 Å². The number of rotatable bonds is 9. The molecule has 0 saturated carbocycles. The molecule has 0 radical (unpaired) electrons. The number of ether oxygens (including phenoxy) is 2. The van der Waals surface area contributed by atoms with Gasteiger partial charge in [0, 0.05) is 6.07 Å². The molecule has 3 nitrogen and oxygen atoms in total. The SMILES string of the molecule is COc1ccc(CCCCNCC(C)C)c(OC)c1. The highest BCUT2D eigenvalue weighted by Crippen LogP contribution is 2.25. The molecule has 0 aliphatic heterocycles. The second kappa shape index (κ2) is 8.81. The van der Waals surface area contributed by atoms with Crippen LogP contribution in [0.2, 0.25) is 0 Å². The van der Waals surface area contributed by atoms with Gasteiger partial charge in [0.25, 0.3) is 0 Å². The summed E-state index contributed by atoms with van der Waals surface area (Å²) in [5.74, 6) is 2.50. The van der Waals surface area contributed by atoms with Crippen LogP contribution < -0.4 is 14.8 Å². The van der Waals surface area contributed by atoms with Gasteiger partial charge in [-0.25, -0.2) is 0 Å². The largest absolute Gasteiger partial charge is 0.497 e. The van der Waals surface area contributed by atoms with E-state index in [0.29, 0.717) is 0 Å². The van der Waals surface area contributed by atoms with Gasteiger partial charge >= 0.3 is 0 Å². The van der Waals surface area contributed by atoms with Gasteiger partial charge in [-0.05, 0) is 49.9 Å². The van der Waals surface area contributed by atoms with Crippen molar-refractivity contribution in [3.05, 3.63) is 23.8 Å². The van der Waals surface area contributed by atoms with E-state index in [-0.39, 0.29) is 0 Å². The Labute approximate surface area is 117 Å². The summed E-state index contributed by atoms with van der Waals surface area (Å²) < 4.78 is 10.6. The Balaban J connectivity index is 2.32. The minimum atomic E-state index is 0.724. The van der Waals surface area contributed by atoms with E-state index < -0.39 is 0 Å². The van der Waals surface area contributed by atoms with Crippen LogP contribution in [-0.2, 0) is 6.42 Å². The Morgan fingerprint density at radius 1 is 1.11 bits per heavy atom. The average Bonchev–Trinajstić information content (AvgIpc) is 2.42. The summed E-state index contributed by atoms with van der Waals surface area (Å²) in [6, 6.07) is 6.04. The van der Waals surface area contributed by atoms with Crippen molar-refractivity contribution in [2.75, 3.05) is 27.3 Å². The first-order valence-corrected chi connectivity index (χ1v) is 7.09. The second-order valence-electron chi connectivity index (χ2n) is 5.23. The van der Waals surface area contributed by atoms with Crippen molar-refractivity contribution in [1.29, 1.82) is 0 Å². The number of hydrogen-bond acceptors (Lipinski definition) is 3. The second-order valence-corrected chi connectivity index (χ2v) is 5.23. The van der Waals surface area contributed by atoms with E-state index >= 15 is 0 Å². The Morgan fingerprint density at radius 2 is 1.89 bits per heavy atom. The summed E-state index contributed by atoms with van der Waals surface area (Å²) in [7, 11) is 3.39. The van der Waals surface area contributed by atoms with Crippen LogP contribution in [0.4, 0.5) is 0 Å². The van der Waals surface area contributed by atoms with Gasteiger partial charge in [0.1, 0.15) is 11.5 Å². The fraction of sp³-hybridized carbons (Fsp3) is 0.625. The predicted molar refractivity (Wildman–Crippen MR) is 80.2 cm³/mol. The maximum Gasteiger partial charge on any atom is 0.125 e. The molecule has 0 aliphatic rings. The highest BCUT2D eigenvalue weighted by atomic mass is 16.5. The molecule has 0 saturated heterocycles. The zero-order valence-electron chi connectivity index (χ0n) is 12.7. The minimum absolute atomic E-state index is 0.724. The molecule has 1 aromatic rings. The van der Waals surface area contributed by atoms with Crippen molar-refractivity contribution in [2.45, 2.75) is 33.1 Å². The van der Waals surface area contributed by atoms with Gasteiger partial charge in [0.05, 0.1) is 14.2 Å². The van der Waals surface area contributed by atoms with E-state index in [4.69, 9.17) is 9.47 Å². The van der Waals surface area contributed by atoms with Crippen LogP contribution in [-0.4, -0.2) is 27.3 Å². The highest BCUT2D eigenvalue weighted by Gasteiger charge is 2.04. The lowest BCUT2D eigenvalue weighted by molar-refractivity contribution is 0.390. The Bertz CT molecular complexity index is 364. The van der Waals surface area contributed by atoms with Crippen molar-refractivity contribution in [3.8, 4) is 11.5 Å². The summed E-state index contributed by atoms with van der Waals surface area (Å²) >= 11 is 0. The molecule has 1 aromatic carbocycles. The van der Waals surface area contributed by atoms with Gasteiger partial charge in [-0.15, -0.1) is 0 Å². The molecule has 0 atom stereocenters. The molecule has 0 heterocycles. The van der Waals surface area contributed by atoms with Crippen LogP contribution in [0, 0.1) is 5.92 Å². The molecule has 0 unspecified atom stereocenters. The zero-order chi connectivity index (χ0) is 14.1. The fourth-order valence-electron chi connectivity index (χ4n) is 2.01. The number of aryl methyl sites for hydroxylation is 1. The van der Waals surface area contributed by atoms with E-state index in [1.165, 1.54) is 18.4 Å². The van der Waals surface area contributed by atoms with Crippen molar-refractivity contribution in [3.63, 3.8) is 0 Å². The van der Waals surface area contributed by atoms with Crippen molar-refractivity contribution in [2.24, 2.45) is 5.92 Å². The topological polar surface area (TPSA) is 30.5 Å². The molecule has 108 valence electrons. The van der Waals surface area contributed by atoms with Gasteiger partial charge in [-0.3, -0.25) is 0 Å². The predicted octanol–water partition coefficient (Wildman–Crippen LogP) is 3.27. The number of unbranched alkanes of at least 4 members (excludes halogenated alkanes) is 1. The van der Waals surface area contributed by atoms with Crippen LogP contribution >= 0.6 is 0 Å². The lowest BCUT2D eigenvalue weighted by Crippen LogP contribution is -2.20. The van der Waals surface area contributed by atoms with E-state index in [1.54, 1.807) is 14.2 Å². The Kier molecular flexibility index (Phi) is 7.34. The number of benzene rings is 1. The minimum Gasteiger partial charge on any atom is -0.497 e. The molecule has 19 heavy (non-hydrogen) atoms. The maximum atomic E-state index is 5.40. The summed E-state index contributed by atoms with van der Waals surface area (Å²) in [5, 5.41) is 3.47. The summed E-state index contributed by atoms with van der Waals surface area (Å²) in [6.45, 7) is 6.66. The van der Waals surface area contributed by atoms with Crippen LogP contribution in [0.15, 0.2) is 18.2 Å². The summed E-state index contributed by atoms with van der Waals surface area (Å²) in [4.78, 5) is 0. The van der Waals surface area contributed by atoms with Crippen LogP contribution in [0.3, 0.4) is 0 Å². The molecule has 1 rings (SSSR count). The fourth-order valence-corrected chi connectivity index (χ4v) is 2.01. The van der Waals surface area contributed by atoms with Gasteiger partial charge in [-0.2, -0.15) is 0 Å². The number of methoxy groups -OCH3 is 2. The summed E-state index contributed by atoms with van der Waals surface area (Å²) in [5.41, 5.74) is 1.26. The Morgan fingerprint density at radius 3 is 2.53 bits per heavy atom. The third-order valence-electron chi connectivity index (χ3n) is 3.10. The third kappa shape index (κ3) is 5.97. The molecule has 0 amide bonds. The quantitative estimate of drug-likeness (QED) is 0.695. The molecule has 3 heteroatoms. The standard InChI is InChI=1S/C16H27NO2/c1-13(2)12-17-10-6-5-7-14-8-9-15(18-3)11-16(14)19-4/h8-9,11,13,17H,5-7,10,12H2,1-4H3. The smallest absolute Gasteiger partial charge is 0.125 e. The number of hydrogen-bond donors (Lipinski definition) is 1. The molecule has 0 aromatic heterocycles. The monoisotopic (exact) mass is 265 g/mol. The molecular formula is C16H27NO2. The van der Waals surface area contributed by atoms with Crippen molar-refractivity contribution in [1.82, 2.24) is 5.32 Å². The normalized spacial score (nSPS) is 10.8. The first kappa shape index (κ1) is 15.8. The number of nitrogens with one attached hydrogen (secondary N) is 1. The van der Waals surface area contributed by atoms with Gasteiger partial charge in [0.2, 0.25) is 0 Å². The molecule has 0 spiro atoms. The van der Waals surface area contributed by atoms with E-state index in [0.717, 1.165) is 36.9 Å². The maximum absolute atomic E-state index is 5.40. The van der Waals surface area contributed by atoms with Crippen molar-refractivity contribution < 1.29 is 9.47 Å². The first-order chi connectivity index (χ1) is 9.17. The third-order valence-corrected chi connectivity index (χ3v) is 3.10. The first-order valence-electron chi connectivity index (χ1n) is 7.09. The van der Waals surface area contributed by atoms with Crippen LogP contribution in [0.5, 0.6) is 11.5 Å². The molecule has 0 fully saturated rings. The van der Waals surface area contributed by atoms with E-state index in [9.17, 15) is 0 Å². The van der Waals surface area contributed by atoms with Crippen LogP contribution in [0.1, 0.15) is 32.3 Å². The molecule has 0 aliphatic carbocycles. The lowest BCUT2D eigenvalue weighted by Gasteiger charge is -2.11. The zero-order valence-corrected chi connectivity index (χ0v) is 12.7. The molecular weight excluding hydrogens is 238 g/mol.